The number of hydrogen-bond donors (Lipinski definition) is 2. The molecular weight excluding hydrogens is 411 g/mol. The largest absolute Gasteiger partial charge is 0.325 e. The minimum atomic E-state index is -0.570. The summed E-state index contributed by atoms with van der Waals surface area (Å²) in [6.45, 7) is 5.96. The molecule has 3 aromatic rings. The zero-order valence-electron chi connectivity index (χ0n) is 17.7. The van der Waals surface area contributed by atoms with Gasteiger partial charge in [0.2, 0.25) is 5.91 Å². The monoisotopic (exact) mass is 436 g/mol. The average molecular weight is 437 g/mol. The van der Waals surface area contributed by atoms with E-state index in [-0.39, 0.29) is 16.7 Å². The van der Waals surface area contributed by atoms with Crippen molar-refractivity contribution in [3.8, 4) is 0 Å². The minimum Gasteiger partial charge on any atom is -0.325 e. The zero-order valence-corrected chi connectivity index (χ0v) is 18.6. The maximum absolute atomic E-state index is 13.9. The van der Waals surface area contributed by atoms with Crippen LogP contribution in [0.25, 0.3) is 0 Å². The molecule has 1 atom stereocenters. The van der Waals surface area contributed by atoms with Crippen LogP contribution in [0, 0.1) is 19.7 Å². The molecule has 0 aliphatic heterocycles. The second-order valence-electron chi connectivity index (χ2n) is 7.21. The van der Waals surface area contributed by atoms with Gasteiger partial charge in [-0.15, -0.1) is 11.8 Å². The van der Waals surface area contributed by atoms with E-state index in [1.54, 1.807) is 24.3 Å². The Bertz CT molecular complexity index is 1100. The number of carbonyl (C=O) groups excluding carboxylic acids is 2. The van der Waals surface area contributed by atoms with E-state index in [1.807, 2.05) is 45.0 Å². The lowest BCUT2D eigenvalue weighted by atomic mass is 10.1. The Balaban J connectivity index is 1.69. The molecule has 0 aliphatic carbocycles. The molecule has 2 N–H and O–H groups in total. The smallest absolute Gasteiger partial charge is 0.258 e. The van der Waals surface area contributed by atoms with Crippen molar-refractivity contribution in [3.05, 3.63) is 89.2 Å². The number of thioether (sulfide) groups is 1. The van der Waals surface area contributed by atoms with Crippen LogP contribution in [0.4, 0.5) is 15.8 Å². The van der Waals surface area contributed by atoms with Gasteiger partial charge in [-0.1, -0.05) is 37.3 Å². The van der Waals surface area contributed by atoms with Gasteiger partial charge in [-0.2, -0.15) is 0 Å². The molecule has 31 heavy (non-hydrogen) atoms. The van der Waals surface area contributed by atoms with Gasteiger partial charge in [0.15, 0.2) is 0 Å². The van der Waals surface area contributed by atoms with Crippen molar-refractivity contribution in [2.45, 2.75) is 37.3 Å². The Morgan fingerprint density at radius 1 is 0.968 bits per heavy atom. The molecule has 1 unspecified atom stereocenters. The summed E-state index contributed by atoms with van der Waals surface area (Å²) in [5.74, 6) is -1.15. The number of amides is 2. The van der Waals surface area contributed by atoms with Gasteiger partial charge < -0.3 is 10.6 Å². The molecule has 4 nitrogen and oxygen atoms in total. The molecule has 160 valence electrons. The second-order valence-corrected chi connectivity index (χ2v) is 8.49. The first-order valence-electron chi connectivity index (χ1n) is 10.1. The van der Waals surface area contributed by atoms with E-state index in [2.05, 4.69) is 10.6 Å². The maximum atomic E-state index is 13.9. The van der Waals surface area contributed by atoms with E-state index in [4.69, 9.17) is 0 Å². The van der Waals surface area contributed by atoms with E-state index in [0.29, 0.717) is 12.1 Å². The summed E-state index contributed by atoms with van der Waals surface area (Å²) in [5.41, 5.74) is 3.52. The third kappa shape index (κ3) is 5.73. The molecule has 3 aromatic carbocycles. The predicted octanol–water partition coefficient (Wildman–Crippen LogP) is 6.20. The van der Waals surface area contributed by atoms with Crippen molar-refractivity contribution >= 4 is 35.0 Å². The fourth-order valence-electron chi connectivity index (χ4n) is 3.08. The van der Waals surface area contributed by atoms with Crippen LogP contribution in [0.5, 0.6) is 0 Å². The fraction of sp³-hybridized carbons (Fsp3) is 0.200. The third-order valence-electron chi connectivity index (χ3n) is 5.01. The summed E-state index contributed by atoms with van der Waals surface area (Å²) in [4.78, 5) is 26.1. The molecule has 0 spiro atoms. The van der Waals surface area contributed by atoms with Crippen molar-refractivity contribution in [2.75, 3.05) is 10.6 Å². The number of carbonyl (C=O) groups is 2. The van der Waals surface area contributed by atoms with Crippen molar-refractivity contribution in [1.29, 1.82) is 0 Å². The van der Waals surface area contributed by atoms with E-state index in [9.17, 15) is 14.0 Å². The lowest BCUT2D eigenvalue weighted by molar-refractivity contribution is -0.115. The maximum Gasteiger partial charge on any atom is 0.258 e. The van der Waals surface area contributed by atoms with Crippen molar-refractivity contribution < 1.29 is 14.0 Å². The van der Waals surface area contributed by atoms with Gasteiger partial charge in [0.1, 0.15) is 5.82 Å². The van der Waals surface area contributed by atoms with Crippen LogP contribution < -0.4 is 10.6 Å². The molecule has 3 rings (SSSR count). The van der Waals surface area contributed by atoms with E-state index >= 15 is 0 Å². The number of halogens is 1. The fourth-order valence-corrected chi connectivity index (χ4v) is 4.09. The van der Waals surface area contributed by atoms with Crippen LogP contribution in [-0.2, 0) is 4.79 Å². The van der Waals surface area contributed by atoms with Gasteiger partial charge in [-0.05, 0) is 67.8 Å². The number of hydrogen-bond acceptors (Lipinski definition) is 3. The topological polar surface area (TPSA) is 58.2 Å². The molecule has 0 heterocycles. The first kappa shape index (κ1) is 22.6. The Labute approximate surface area is 186 Å². The first-order valence-corrected chi connectivity index (χ1v) is 11.0. The van der Waals surface area contributed by atoms with Crippen LogP contribution in [0.3, 0.4) is 0 Å². The van der Waals surface area contributed by atoms with Gasteiger partial charge in [0, 0.05) is 16.3 Å². The molecular formula is C25H25FN2O2S. The number of anilines is 2. The molecule has 2 amide bonds. The number of aryl methyl sites for hydroxylation is 1. The quantitative estimate of drug-likeness (QED) is 0.433. The molecule has 0 bridgehead atoms. The standard InChI is InChI=1S/C25H25FN2O2S/c1-4-23(25(30)28-22-14-7-9-16(2)17(22)3)31-19-11-8-10-18(15-19)27-24(29)20-12-5-6-13-21(20)26/h5-15,23H,4H2,1-3H3,(H,27,29)(H,28,30). The molecule has 6 heteroatoms. The van der Waals surface area contributed by atoms with Crippen molar-refractivity contribution in [3.63, 3.8) is 0 Å². The predicted molar refractivity (Wildman–Crippen MR) is 125 cm³/mol. The van der Waals surface area contributed by atoms with Gasteiger partial charge in [-0.3, -0.25) is 9.59 Å². The summed E-state index contributed by atoms with van der Waals surface area (Å²) < 4.78 is 13.9. The summed E-state index contributed by atoms with van der Waals surface area (Å²) in [7, 11) is 0. The van der Waals surface area contributed by atoms with Gasteiger partial charge in [0.25, 0.3) is 5.91 Å². The SMILES string of the molecule is CCC(Sc1cccc(NC(=O)c2ccccc2F)c1)C(=O)Nc1cccc(C)c1C. The first-order chi connectivity index (χ1) is 14.9. The summed E-state index contributed by atoms with van der Waals surface area (Å²) in [6, 6.07) is 18.9. The van der Waals surface area contributed by atoms with Crippen molar-refractivity contribution in [1.82, 2.24) is 0 Å². The second kappa shape index (κ2) is 10.3. The summed E-state index contributed by atoms with van der Waals surface area (Å²) in [5, 5.41) is 5.45. The lowest BCUT2D eigenvalue weighted by Gasteiger charge is -2.17. The van der Waals surface area contributed by atoms with Crippen LogP contribution in [-0.4, -0.2) is 17.1 Å². The molecule has 0 fully saturated rings. The van der Waals surface area contributed by atoms with Crippen LogP contribution in [0.15, 0.2) is 71.6 Å². The molecule has 0 radical (unpaired) electrons. The Kier molecular flexibility index (Phi) is 7.47. The van der Waals surface area contributed by atoms with Crippen LogP contribution >= 0.6 is 11.8 Å². The van der Waals surface area contributed by atoms with Gasteiger partial charge in [-0.25, -0.2) is 4.39 Å². The average Bonchev–Trinajstić information content (AvgIpc) is 2.75. The van der Waals surface area contributed by atoms with Crippen LogP contribution in [0.1, 0.15) is 34.8 Å². The van der Waals surface area contributed by atoms with E-state index in [0.717, 1.165) is 21.7 Å². The molecule has 0 aliphatic rings. The number of nitrogens with one attached hydrogen (secondary N) is 2. The highest BCUT2D eigenvalue weighted by Gasteiger charge is 2.19. The highest BCUT2D eigenvalue weighted by atomic mass is 32.2. The minimum absolute atomic E-state index is 0.0140. The summed E-state index contributed by atoms with van der Waals surface area (Å²) in [6.07, 6.45) is 0.646. The van der Waals surface area contributed by atoms with Gasteiger partial charge >= 0.3 is 0 Å². The normalized spacial score (nSPS) is 11.6. The molecule has 0 saturated carbocycles. The summed E-state index contributed by atoms with van der Waals surface area (Å²) >= 11 is 1.43. The zero-order chi connectivity index (χ0) is 22.4. The van der Waals surface area contributed by atoms with Gasteiger partial charge in [0.05, 0.1) is 10.8 Å². The van der Waals surface area contributed by atoms with E-state index in [1.165, 1.54) is 30.0 Å². The molecule has 0 aromatic heterocycles. The Hall–Kier alpha value is -3.12. The molecule has 0 saturated heterocycles. The van der Waals surface area contributed by atoms with Crippen LogP contribution in [0.2, 0.25) is 0 Å². The Morgan fingerprint density at radius 3 is 2.45 bits per heavy atom. The van der Waals surface area contributed by atoms with E-state index < -0.39 is 11.7 Å². The number of benzene rings is 3. The van der Waals surface area contributed by atoms with Crippen molar-refractivity contribution in [2.24, 2.45) is 0 Å². The Morgan fingerprint density at radius 2 is 1.71 bits per heavy atom. The highest BCUT2D eigenvalue weighted by molar-refractivity contribution is 8.00. The lowest BCUT2D eigenvalue weighted by Crippen LogP contribution is -2.25. The number of rotatable bonds is 7. The third-order valence-corrected chi connectivity index (χ3v) is 6.37. The highest BCUT2D eigenvalue weighted by Crippen LogP contribution is 2.29.